The number of phosphoric ester groups is 1. The Bertz CT molecular complexity index is 1240. The molecule has 0 amide bonds. The van der Waals surface area contributed by atoms with E-state index in [2.05, 4.69) is 74.6 Å². The van der Waals surface area contributed by atoms with E-state index in [0.29, 0.717) is 6.42 Å². The number of nitrogens with two attached hydrogens (primary N) is 1. The molecule has 0 aromatic heterocycles. The zero-order valence-corrected chi connectivity index (χ0v) is 37.0. The van der Waals surface area contributed by atoms with Crippen LogP contribution in [0.15, 0.2) is 85.1 Å². The SMILES string of the molecule is CC/C=C\C/C=C\C/C=C\C/C=C\C/C=C\C=C/C(O)CCC(=O)O[C@H](COC(=O)CCCCCCCCC/C=C\CCCCCCCC)COP(=O)(O)OCCN. The van der Waals surface area contributed by atoms with Crippen molar-refractivity contribution >= 4 is 19.8 Å². The summed E-state index contributed by atoms with van der Waals surface area (Å²) in [6.45, 7) is 3.32. The highest BCUT2D eigenvalue weighted by Gasteiger charge is 2.26. The summed E-state index contributed by atoms with van der Waals surface area (Å²) in [4.78, 5) is 34.9. The summed E-state index contributed by atoms with van der Waals surface area (Å²) in [6.07, 6.45) is 49.4. The maximum atomic E-state index is 12.6. The van der Waals surface area contributed by atoms with E-state index in [9.17, 15) is 24.2 Å². The van der Waals surface area contributed by atoms with Crippen molar-refractivity contribution < 1.29 is 42.7 Å². The van der Waals surface area contributed by atoms with Crippen LogP contribution in [0.25, 0.3) is 0 Å². The molecule has 0 aliphatic heterocycles. The van der Waals surface area contributed by atoms with Gasteiger partial charge in [0.05, 0.1) is 19.3 Å². The summed E-state index contributed by atoms with van der Waals surface area (Å²) in [5.41, 5.74) is 5.33. The van der Waals surface area contributed by atoms with Crippen LogP contribution in [0.3, 0.4) is 0 Å². The van der Waals surface area contributed by atoms with Crippen molar-refractivity contribution in [2.75, 3.05) is 26.4 Å². The van der Waals surface area contributed by atoms with Crippen molar-refractivity contribution in [3.8, 4) is 0 Å². The first kappa shape index (κ1) is 55.2. The Labute approximate surface area is 352 Å². The van der Waals surface area contributed by atoms with Crippen LogP contribution >= 0.6 is 7.82 Å². The Morgan fingerprint density at radius 2 is 1.16 bits per heavy atom. The van der Waals surface area contributed by atoms with Crippen molar-refractivity contribution in [3.05, 3.63) is 85.1 Å². The molecule has 0 rings (SSSR count). The number of hydrogen-bond donors (Lipinski definition) is 3. The maximum absolute atomic E-state index is 12.6. The second-order valence-corrected chi connectivity index (χ2v) is 15.8. The van der Waals surface area contributed by atoms with E-state index in [0.717, 1.165) is 57.8 Å². The van der Waals surface area contributed by atoms with Crippen LogP contribution in [0, 0.1) is 0 Å². The number of esters is 2. The van der Waals surface area contributed by atoms with Crippen LogP contribution in [-0.4, -0.2) is 60.5 Å². The lowest BCUT2D eigenvalue weighted by Gasteiger charge is -2.20. The monoisotopic (exact) mass is 834 g/mol. The predicted octanol–water partition coefficient (Wildman–Crippen LogP) is 11.8. The molecule has 0 radical (unpaired) electrons. The average molecular weight is 834 g/mol. The molecular weight excluding hydrogens is 753 g/mol. The molecule has 0 fully saturated rings. The van der Waals surface area contributed by atoms with Crippen LogP contribution in [0.4, 0.5) is 0 Å². The van der Waals surface area contributed by atoms with Crippen LogP contribution in [-0.2, 0) is 32.7 Å². The fraction of sp³-hybridized carbons (Fsp3) is 0.660. The maximum Gasteiger partial charge on any atom is 0.472 e. The van der Waals surface area contributed by atoms with E-state index in [1.807, 2.05) is 12.2 Å². The minimum absolute atomic E-state index is 0.0127. The van der Waals surface area contributed by atoms with Crippen molar-refractivity contribution in [2.45, 2.75) is 174 Å². The summed E-state index contributed by atoms with van der Waals surface area (Å²) in [5.74, 6) is -1.12. The van der Waals surface area contributed by atoms with Crippen molar-refractivity contribution in [1.82, 2.24) is 0 Å². The highest BCUT2D eigenvalue weighted by Crippen LogP contribution is 2.43. The van der Waals surface area contributed by atoms with E-state index in [1.165, 1.54) is 64.2 Å². The minimum atomic E-state index is -4.45. The quantitative estimate of drug-likeness (QED) is 0.0179. The molecule has 0 aromatic carbocycles. The number of rotatable bonds is 40. The van der Waals surface area contributed by atoms with Gasteiger partial charge in [-0.25, -0.2) is 4.57 Å². The summed E-state index contributed by atoms with van der Waals surface area (Å²) in [7, 11) is -4.45. The van der Waals surface area contributed by atoms with E-state index >= 15 is 0 Å². The number of allylic oxidation sites excluding steroid dienone is 13. The predicted molar refractivity (Wildman–Crippen MR) is 239 cm³/mol. The van der Waals surface area contributed by atoms with Crippen molar-refractivity contribution in [1.29, 1.82) is 0 Å². The molecule has 0 aromatic rings. The molecule has 0 saturated carbocycles. The Morgan fingerprint density at radius 3 is 1.72 bits per heavy atom. The lowest BCUT2D eigenvalue weighted by atomic mass is 10.1. The highest BCUT2D eigenvalue weighted by molar-refractivity contribution is 7.47. The standard InChI is InChI=1S/C47H80NO9P/c1-3-5-7-9-11-13-15-17-19-21-23-25-27-29-31-33-35-37-46(50)54-42-45(43-56-58(52,53)55-41-40-48)57-47(51)39-38-44(49)36-34-32-30-28-26-24-22-20-18-16-14-12-10-8-6-4-2/h6,8,12,14,17-20,24,26,30,32,34,36,44-45,49H,3-5,7,9-11,13,15-16,21-23,25,27-29,31,33,35,37-43,48H2,1-2H3,(H,52,53)/b8-6-,14-12-,19-17-,20-18-,26-24-,32-30-,36-34-/t44?,45-/m1/s1. The Hall–Kier alpha value is -2.85. The van der Waals surface area contributed by atoms with E-state index in [-0.39, 0.29) is 39.0 Å². The van der Waals surface area contributed by atoms with Crippen LogP contribution in [0.5, 0.6) is 0 Å². The zero-order chi connectivity index (χ0) is 42.6. The first-order chi connectivity index (χ1) is 28.2. The van der Waals surface area contributed by atoms with Crippen LogP contribution in [0.1, 0.15) is 162 Å². The number of aliphatic hydroxyl groups is 1. The van der Waals surface area contributed by atoms with Gasteiger partial charge in [0.25, 0.3) is 0 Å². The fourth-order valence-electron chi connectivity index (χ4n) is 5.56. The first-order valence-electron chi connectivity index (χ1n) is 22.2. The number of hydrogen-bond acceptors (Lipinski definition) is 9. The summed E-state index contributed by atoms with van der Waals surface area (Å²) in [5, 5.41) is 10.3. The second-order valence-electron chi connectivity index (χ2n) is 14.4. The van der Waals surface area contributed by atoms with Gasteiger partial charge < -0.3 is 25.2 Å². The van der Waals surface area contributed by atoms with Gasteiger partial charge in [0, 0.05) is 19.4 Å². The molecule has 0 saturated heterocycles. The number of phosphoric acid groups is 1. The van der Waals surface area contributed by atoms with E-state index < -0.39 is 38.6 Å². The van der Waals surface area contributed by atoms with Gasteiger partial charge in [-0.1, -0.05) is 163 Å². The number of carbonyl (C=O) groups excluding carboxylic acids is 2. The van der Waals surface area contributed by atoms with Crippen LogP contribution in [0.2, 0.25) is 0 Å². The Kier molecular flexibility index (Phi) is 40.2. The van der Waals surface area contributed by atoms with E-state index in [4.69, 9.17) is 24.3 Å². The van der Waals surface area contributed by atoms with Gasteiger partial charge in [0.15, 0.2) is 6.10 Å². The molecular formula is C47H80NO9P. The third kappa shape index (κ3) is 41.3. The van der Waals surface area contributed by atoms with Crippen molar-refractivity contribution in [3.63, 3.8) is 0 Å². The van der Waals surface area contributed by atoms with Gasteiger partial charge in [-0.3, -0.25) is 18.6 Å². The molecule has 0 bridgehead atoms. The third-order valence-corrected chi connectivity index (χ3v) is 9.87. The molecule has 4 N–H and O–H groups in total. The molecule has 332 valence electrons. The molecule has 58 heavy (non-hydrogen) atoms. The van der Waals surface area contributed by atoms with Crippen LogP contribution < -0.4 is 5.73 Å². The van der Waals surface area contributed by atoms with E-state index in [1.54, 1.807) is 12.2 Å². The smallest absolute Gasteiger partial charge is 0.462 e. The summed E-state index contributed by atoms with van der Waals surface area (Å²) >= 11 is 0. The number of carbonyl (C=O) groups is 2. The van der Waals surface area contributed by atoms with Gasteiger partial charge in [0.2, 0.25) is 0 Å². The Balaban J connectivity index is 4.40. The lowest BCUT2D eigenvalue weighted by Crippen LogP contribution is -2.30. The van der Waals surface area contributed by atoms with Crippen molar-refractivity contribution in [2.24, 2.45) is 5.73 Å². The third-order valence-electron chi connectivity index (χ3n) is 8.88. The second kappa shape index (κ2) is 42.3. The van der Waals surface area contributed by atoms with Gasteiger partial charge in [0.1, 0.15) is 6.61 Å². The molecule has 0 heterocycles. The van der Waals surface area contributed by atoms with Gasteiger partial charge >= 0.3 is 19.8 Å². The molecule has 2 unspecified atom stereocenters. The van der Waals surface area contributed by atoms with Gasteiger partial charge in [-0.2, -0.15) is 0 Å². The first-order valence-corrected chi connectivity index (χ1v) is 23.7. The minimum Gasteiger partial charge on any atom is -0.462 e. The lowest BCUT2D eigenvalue weighted by molar-refractivity contribution is -0.161. The molecule has 0 aliphatic carbocycles. The Morgan fingerprint density at radius 1 is 0.621 bits per heavy atom. The number of unbranched alkanes of at least 4 members (excludes halogenated alkanes) is 13. The molecule has 11 heteroatoms. The summed E-state index contributed by atoms with van der Waals surface area (Å²) < 4.78 is 32.6. The number of aliphatic hydroxyl groups excluding tert-OH is 1. The van der Waals surface area contributed by atoms with Gasteiger partial charge in [-0.15, -0.1) is 0 Å². The molecule has 0 aliphatic rings. The van der Waals surface area contributed by atoms with Gasteiger partial charge in [-0.05, 0) is 70.6 Å². The summed E-state index contributed by atoms with van der Waals surface area (Å²) in [6, 6.07) is 0. The zero-order valence-electron chi connectivity index (χ0n) is 36.1. The highest BCUT2D eigenvalue weighted by atomic mass is 31.2. The molecule has 3 atom stereocenters. The molecule has 10 nitrogen and oxygen atoms in total. The number of ether oxygens (including phenoxy) is 2. The molecule has 0 spiro atoms. The topological polar surface area (TPSA) is 155 Å². The average Bonchev–Trinajstić information content (AvgIpc) is 3.21. The largest absolute Gasteiger partial charge is 0.472 e. The fourth-order valence-corrected chi connectivity index (χ4v) is 6.33. The normalized spacial score (nSPS) is 14.6.